The number of carbonyl (C=O) groups excluding carboxylic acids is 1. The minimum absolute atomic E-state index is 0.317. The molecule has 1 amide bonds. The maximum absolute atomic E-state index is 11.7. The fourth-order valence-corrected chi connectivity index (χ4v) is 6.23. The fourth-order valence-electron chi connectivity index (χ4n) is 6.23. The maximum atomic E-state index is 11.7. The van der Waals surface area contributed by atoms with Gasteiger partial charge in [0.05, 0.1) is 0 Å². The van der Waals surface area contributed by atoms with Crippen LogP contribution in [0.1, 0.15) is 55.1 Å². The first kappa shape index (κ1) is 22.0. The van der Waals surface area contributed by atoms with Gasteiger partial charge in [-0.2, -0.15) is 0 Å². The number of fused-ring (bicyclic) bond motifs is 2. The van der Waals surface area contributed by atoms with Crippen molar-refractivity contribution in [1.82, 2.24) is 9.88 Å². The van der Waals surface area contributed by atoms with E-state index < -0.39 is 5.91 Å². The number of primary amides is 1. The molecule has 1 aliphatic heterocycles. The van der Waals surface area contributed by atoms with E-state index >= 15 is 0 Å². The number of allylic oxidation sites excluding steroid dienone is 4. The van der Waals surface area contributed by atoms with E-state index in [1.54, 1.807) is 6.20 Å². The largest absolute Gasteiger partial charge is 0.373 e. The van der Waals surface area contributed by atoms with Crippen molar-refractivity contribution in [3.63, 3.8) is 0 Å². The number of piperidine rings is 1. The summed E-state index contributed by atoms with van der Waals surface area (Å²) in [6.45, 7) is 8.43. The molecule has 3 fully saturated rings. The highest BCUT2D eigenvalue weighted by Crippen LogP contribution is 2.53. The van der Waals surface area contributed by atoms with Gasteiger partial charge >= 0.3 is 0 Å². The second-order valence-electron chi connectivity index (χ2n) is 9.28. The summed E-state index contributed by atoms with van der Waals surface area (Å²) in [6.07, 6.45) is 16.0. The second kappa shape index (κ2) is 9.09. The number of ether oxygens (including phenoxy) is 1. The lowest BCUT2D eigenvalue weighted by molar-refractivity contribution is -0.180. The lowest BCUT2D eigenvalue weighted by atomic mass is 9.61. The van der Waals surface area contributed by atoms with Crippen molar-refractivity contribution in [2.24, 2.45) is 23.5 Å². The number of pyridine rings is 1. The van der Waals surface area contributed by atoms with Crippen LogP contribution in [0.3, 0.4) is 0 Å². The van der Waals surface area contributed by atoms with E-state index in [2.05, 4.69) is 34.7 Å². The van der Waals surface area contributed by atoms with Gasteiger partial charge in [0.1, 0.15) is 11.3 Å². The summed E-state index contributed by atoms with van der Waals surface area (Å²) >= 11 is 0. The molecule has 31 heavy (non-hydrogen) atoms. The number of hydrogen-bond acceptors (Lipinski definition) is 4. The molecule has 4 rings (SSSR count). The van der Waals surface area contributed by atoms with Crippen LogP contribution in [0, 0.1) is 17.8 Å². The van der Waals surface area contributed by atoms with E-state index in [-0.39, 0.29) is 5.60 Å². The molecule has 2 unspecified atom stereocenters. The van der Waals surface area contributed by atoms with Gasteiger partial charge in [-0.15, -0.1) is 0 Å². The monoisotopic (exact) mass is 421 g/mol. The number of amides is 1. The molecule has 0 aromatic carbocycles. The van der Waals surface area contributed by atoms with Crippen molar-refractivity contribution >= 4 is 5.91 Å². The number of nitrogens with two attached hydrogens (primary N) is 1. The van der Waals surface area contributed by atoms with Gasteiger partial charge in [0.2, 0.25) is 0 Å². The molecule has 3 aliphatic rings. The molecule has 1 saturated heterocycles. The minimum Gasteiger partial charge on any atom is -0.373 e. The number of nitrogens with zero attached hydrogens (tertiary/aromatic N) is 2. The highest BCUT2D eigenvalue weighted by Gasteiger charge is 2.55. The number of aromatic nitrogens is 1. The summed E-state index contributed by atoms with van der Waals surface area (Å²) in [6, 6.07) is 4.43. The van der Waals surface area contributed by atoms with E-state index in [1.807, 2.05) is 32.2 Å². The van der Waals surface area contributed by atoms with E-state index in [9.17, 15) is 4.79 Å². The van der Waals surface area contributed by atoms with Crippen LogP contribution in [0.15, 0.2) is 54.8 Å². The summed E-state index contributed by atoms with van der Waals surface area (Å²) in [5, 5.41) is 0. The predicted molar refractivity (Wildman–Crippen MR) is 123 cm³/mol. The van der Waals surface area contributed by atoms with Gasteiger partial charge in [0.15, 0.2) is 0 Å². The first-order valence-corrected chi connectivity index (χ1v) is 11.5. The van der Waals surface area contributed by atoms with E-state index in [0.29, 0.717) is 29.5 Å². The molecule has 1 aromatic rings. The molecule has 2 bridgehead atoms. The quantitative estimate of drug-likeness (QED) is 0.669. The Morgan fingerprint density at radius 2 is 2.00 bits per heavy atom. The maximum Gasteiger partial charge on any atom is 0.267 e. The summed E-state index contributed by atoms with van der Waals surface area (Å²) < 4.78 is 6.34. The Morgan fingerprint density at radius 1 is 1.26 bits per heavy atom. The number of likely N-dealkylation sites (tertiary alicyclic amines) is 1. The van der Waals surface area contributed by atoms with Crippen molar-refractivity contribution in [2.75, 3.05) is 20.2 Å². The minimum atomic E-state index is -0.488. The zero-order valence-electron chi connectivity index (χ0n) is 18.8. The Balaban J connectivity index is 1.57. The fraction of sp³-hybridized carbons (Fsp3) is 0.538. The number of carbonyl (C=O) groups is 1. The summed E-state index contributed by atoms with van der Waals surface area (Å²) in [5.74, 6) is 0.833. The van der Waals surface area contributed by atoms with Crippen LogP contribution < -0.4 is 5.73 Å². The van der Waals surface area contributed by atoms with Crippen molar-refractivity contribution in [2.45, 2.75) is 50.7 Å². The molecule has 166 valence electrons. The van der Waals surface area contributed by atoms with Gasteiger partial charge in [-0.3, -0.25) is 14.7 Å². The van der Waals surface area contributed by atoms with E-state index in [1.165, 1.54) is 24.8 Å². The van der Waals surface area contributed by atoms with Gasteiger partial charge in [0, 0.05) is 44.3 Å². The average molecular weight is 422 g/mol. The van der Waals surface area contributed by atoms with Crippen LogP contribution >= 0.6 is 0 Å². The second-order valence-corrected chi connectivity index (χ2v) is 9.28. The van der Waals surface area contributed by atoms with Crippen molar-refractivity contribution < 1.29 is 9.53 Å². The van der Waals surface area contributed by atoms with Gasteiger partial charge in [-0.1, -0.05) is 42.9 Å². The Labute approximate surface area is 186 Å². The van der Waals surface area contributed by atoms with Crippen LogP contribution in [0.25, 0.3) is 0 Å². The Kier molecular flexibility index (Phi) is 6.44. The third-order valence-corrected chi connectivity index (χ3v) is 7.83. The predicted octanol–water partition coefficient (Wildman–Crippen LogP) is 4.22. The SMILES string of the molecule is C=C(/C=C\C=C/C)[C@@H]1CC[C@H]1N1CC2CCCC(C1)C2(OC)c1ccnc(C(N)=O)c1. The van der Waals surface area contributed by atoms with Gasteiger partial charge < -0.3 is 10.5 Å². The smallest absolute Gasteiger partial charge is 0.267 e. The van der Waals surface area contributed by atoms with Crippen molar-refractivity contribution in [3.05, 3.63) is 66.0 Å². The number of methoxy groups -OCH3 is 1. The highest BCUT2D eigenvalue weighted by atomic mass is 16.5. The lowest BCUT2D eigenvalue weighted by Crippen LogP contribution is -2.63. The molecular weight excluding hydrogens is 386 g/mol. The zero-order chi connectivity index (χ0) is 22.0. The normalized spacial score (nSPS) is 33.5. The molecule has 2 saturated carbocycles. The zero-order valence-corrected chi connectivity index (χ0v) is 18.8. The number of rotatable bonds is 7. The molecule has 0 spiro atoms. The lowest BCUT2D eigenvalue weighted by Gasteiger charge is -2.59. The van der Waals surface area contributed by atoms with Gasteiger partial charge in [-0.05, 0) is 56.2 Å². The standard InChI is InChI=1S/C26H35N3O2/c1-4-5-6-8-18(2)22-11-12-24(22)29-16-20-9-7-10-21(17-29)26(20,31-3)19-13-14-28-23(15-19)25(27)30/h4-6,8,13-15,20-22,24H,2,7,9-12,16-17H2,1,3H3,(H2,27,30)/b5-4-,8-6-/t20?,21?,22-,24+,26?/m0/s1. The molecule has 4 atom stereocenters. The summed E-state index contributed by atoms with van der Waals surface area (Å²) in [5.41, 5.74) is 7.76. The topological polar surface area (TPSA) is 68.4 Å². The first-order valence-electron chi connectivity index (χ1n) is 11.5. The average Bonchev–Trinajstić information content (AvgIpc) is 2.72. The van der Waals surface area contributed by atoms with Crippen LogP contribution in [-0.4, -0.2) is 42.0 Å². The Bertz CT molecular complexity index is 876. The third-order valence-electron chi connectivity index (χ3n) is 7.83. The number of hydrogen-bond donors (Lipinski definition) is 1. The molecule has 2 N–H and O–H groups in total. The van der Waals surface area contributed by atoms with Crippen LogP contribution in [-0.2, 0) is 10.3 Å². The Hall–Kier alpha value is -2.24. The van der Waals surface area contributed by atoms with Crippen LogP contribution in [0.4, 0.5) is 0 Å². The molecule has 5 nitrogen and oxygen atoms in total. The van der Waals surface area contributed by atoms with E-state index in [4.69, 9.17) is 10.5 Å². The van der Waals surface area contributed by atoms with Gasteiger partial charge in [0.25, 0.3) is 5.91 Å². The third kappa shape index (κ3) is 3.90. The molecule has 2 aliphatic carbocycles. The summed E-state index contributed by atoms with van der Waals surface area (Å²) in [7, 11) is 1.82. The summed E-state index contributed by atoms with van der Waals surface area (Å²) in [4.78, 5) is 18.6. The van der Waals surface area contributed by atoms with Gasteiger partial charge in [-0.25, -0.2) is 0 Å². The molecule has 2 heterocycles. The van der Waals surface area contributed by atoms with Crippen molar-refractivity contribution in [1.29, 1.82) is 0 Å². The molecule has 5 heteroatoms. The molecule has 0 radical (unpaired) electrons. The van der Waals surface area contributed by atoms with E-state index in [0.717, 1.165) is 31.5 Å². The van der Waals surface area contributed by atoms with Crippen LogP contribution in [0.5, 0.6) is 0 Å². The Morgan fingerprint density at radius 3 is 2.58 bits per heavy atom. The highest BCUT2D eigenvalue weighted by molar-refractivity contribution is 5.90. The first-order chi connectivity index (χ1) is 15.0. The van der Waals surface area contributed by atoms with Crippen molar-refractivity contribution in [3.8, 4) is 0 Å². The molecular formula is C26H35N3O2. The molecule has 1 aromatic heterocycles. The van der Waals surface area contributed by atoms with Crippen LogP contribution in [0.2, 0.25) is 0 Å².